The third kappa shape index (κ3) is 4.69. The molecule has 1 aliphatic rings. The Hall–Kier alpha value is -3.81. The standard InChI is InChI=1S/C23H21N3O5/c27-20-8-4-5-9-21(20)31-22(28)14-17-15-25(18-6-2-1-3-7-18)24-23(17)16-10-12-19(13-11-16)26(29)30/h1-3,6-7,10-13,15,21H,4-5,8-9,14H2/t21-/m1/s1. The predicted molar refractivity (Wildman–Crippen MR) is 113 cm³/mol. The molecule has 0 aliphatic heterocycles. The highest BCUT2D eigenvalue weighted by Crippen LogP contribution is 2.27. The number of para-hydroxylation sites is 1. The van der Waals surface area contributed by atoms with Crippen molar-refractivity contribution in [2.75, 3.05) is 0 Å². The molecule has 1 fully saturated rings. The fourth-order valence-corrected chi connectivity index (χ4v) is 3.67. The van der Waals surface area contributed by atoms with Crippen LogP contribution in [0.15, 0.2) is 60.8 Å². The van der Waals surface area contributed by atoms with E-state index in [9.17, 15) is 19.7 Å². The first-order valence-electron chi connectivity index (χ1n) is 10.1. The molecule has 0 radical (unpaired) electrons. The van der Waals surface area contributed by atoms with Crippen LogP contribution < -0.4 is 0 Å². The number of carbonyl (C=O) groups is 2. The molecule has 1 heterocycles. The second-order valence-corrected chi connectivity index (χ2v) is 7.45. The van der Waals surface area contributed by atoms with E-state index in [4.69, 9.17) is 4.74 Å². The molecule has 1 saturated carbocycles. The van der Waals surface area contributed by atoms with Crippen LogP contribution in [-0.2, 0) is 20.7 Å². The molecule has 8 nitrogen and oxygen atoms in total. The lowest BCUT2D eigenvalue weighted by Crippen LogP contribution is -2.30. The number of nitrogens with zero attached hydrogens (tertiary/aromatic N) is 3. The number of non-ortho nitro benzene ring substituents is 1. The van der Waals surface area contributed by atoms with Gasteiger partial charge < -0.3 is 4.74 Å². The van der Waals surface area contributed by atoms with Crippen LogP contribution in [0, 0.1) is 10.1 Å². The van der Waals surface area contributed by atoms with Crippen LogP contribution in [0.25, 0.3) is 16.9 Å². The van der Waals surface area contributed by atoms with Crippen molar-refractivity contribution >= 4 is 17.4 Å². The van der Waals surface area contributed by atoms with Crippen LogP contribution in [0.3, 0.4) is 0 Å². The molecular weight excluding hydrogens is 398 g/mol. The van der Waals surface area contributed by atoms with Crippen molar-refractivity contribution in [2.24, 2.45) is 0 Å². The fourth-order valence-electron chi connectivity index (χ4n) is 3.67. The van der Waals surface area contributed by atoms with Gasteiger partial charge in [-0.15, -0.1) is 0 Å². The molecule has 0 bridgehead atoms. The van der Waals surface area contributed by atoms with Crippen molar-refractivity contribution in [1.29, 1.82) is 0 Å². The number of ether oxygens (including phenoxy) is 1. The lowest BCUT2D eigenvalue weighted by molar-refractivity contribution is -0.384. The lowest BCUT2D eigenvalue weighted by Gasteiger charge is -2.20. The Labute approximate surface area is 178 Å². The highest BCUT2D eigenvalue weighted by Gasteiger charge is 2.26. The number of rotatable bonds is 6. The Kier molecular flexibility index (Phi) is 5.88. The maximum absolute atomic E-state index is 12.6. The van der Waals surface area contributed by atoms with E-state index in [1.165, 1.54) is 12.1 Å². The van der Waals surface area contributed by atoms with Gasteiger partial charge in [-0.2, -0.15) is 5.10 Å². The zero-order chi connectivity index (χ0) is 21.8. The summed E-state index contributed by atoms with van der Waals surface area (Å²) in [6.07, 6.45) is 3.72. The zero-order valence-corrected chi connectivity index (χ0v) is 16.8. The SMILES string of the molecule is O=C(Cc1cn(-c2ccccc2)nc1-c1ccc([N+](=O)[O-])cc1)O[C@@H]1CCCCC1=O. The molecule has 31 heavy (non-hydrogen) atoms. The van der Waals surface area contributed by atoms with Gasteiger partial charge in [-0.05, 0) is 43.5 Å². The number of carbonyl (C=O) groups excluding carboxylic acids is 2. The molecule has 2 aromatic carbocycles. The number of benzene rings is 2. The van der Waals surface area contributed by atoms with E-state index in [1.807, 2.05) is 30.3 Å². The minimum absolute atomic E-state index is 0.0250. The van der Waals surface area contributed by atoms with Crippen LogP contribution in [0.2, 0.25) is 0 Å². The number of Topliss-reactive ketones (excluding diaryl/α,β-unsaturated/α-hetero) is 1. The van der Waals surface area contributed by atoms with Crippen LogP contribution in [0.5, 0.6) is 0 Å². The molecule has 0 unspecified atom stereocenters. The van der Waals surface area contributed by atoms with E-state index in [-0.39, 0.29) is 17.9 Å². The third-order valence-corrected chi connectivity index (χ3v) is 5.27. The first kappa shape index (κ1) is 20.5. The highest BCUT2D eigenvalue weighted by atomic mass is 16.6. The number of aromatic nitrogens is 2. The summed E-state index contributed by atoms with van der Waals surface area (Å²) in [5.41, 5.74) is 2.59. The Morgan fingerprint density at radius 2 is 1.87 bits per heavy atom. The van der Waals surface area contributed by atoms with Crippen LogP contribution >= 0.6 is 0 Å². The van der Waals surface area contributed by atoms with E-state index in [0.29, 0.717) is 29.7 Å². The Morgan fingerprint density at radius 1 is 1.13 bits per heavy atom. The van der Waals surface area contributed by atoms with E-state index >= 15 is 0 Å². The number of nitro groups is 1. The molecule has 3 aromatic rings. The zero-order valence-electron chi connectivity index (χ0n) is 16.8. The molecular formula is C23H21N3O5. The van der Waals surface area contributed by atoms with Crippen LogP contribution in [-0.4, -0.2) is 32.6 Å². The molecule has 1 atom stereocenters. The van der Waals surface area contributed by atoms with Gasteiger partial charge in [-0.3, -0.25) is 19.7 Å². The van der Waals surface area contributed by atoms with Gasteiger partial charge in [0.05, 0.1) is 22.7 Å². The Balaban J connectivity index is 1.63. The molecule has 8 heteroatoms. The summed E-state index contributed by atoms with van der Waals surface area (Å²) in [5, 5.41) is 15.6. The monoisotopic (exact) mass is 419 g/mol. The van der Waals surface area contributed by atoms with Crippen LogP contribution in [0.4, 0.5) is 5.69 Å². The molecule has 158 valence electrons. The molecule has 0 saturated heterocycles. The fraction of sp³-hybridized carbons (Fsp3) is 0.261. The number of ketones is 1. The molecule has 4 rings (SSSR count). The van der Waals surface area contributed by atoms with Gasteiger partial charge in [0, 0.05) is 35.9 Å². The van der Waals surface area contributed by atoms with Crippen molar-refractivity contribution in [3.05, 3.63) is 76.5 Å². The van der Waals surface area contributed by atoms with Gasteiger partial charge in [-0.25, -0.2) is 4.68 Å². The van der Waals surface area contributed by atoms with Crippen molar-refractivity contribution in [2.45, 2.75) is 38.2 Å². The second-order valence-electron chi connectivity index (χ2n) is 7.45. The maximum atomic E-state index is 12.6. The van der Waals surface area contributed by atoms with Gasteiger partial charge in [0.1, 0.15) is 0 Å². The Bertz CT molecular complexity index is 1110. The normalized spacial score (nSPS) is 16.1. The quantitative estimate of drug-likeness (QED) is 0.339. The summed E-state index contributed by atoms with van der Waals surface area (Å²) in [6, 6.07) is 15.4. The van der Waals surface area contributed by atoms with Gasteiger partial charge >= 0.3 is 5.97 Å². The van der Waals surface area contributed by atoms with E-state index < -0.39 is 17.0 Å². The molecule has 0 amide bonds. The number of esters is 1. The molecule has 0 N–H and O–H groups in total. The topological polar surface area (TPSA) is 104 Å². The lowest BCUT2D eigenvalue weighted by atomic mass is 9.96. The maximum Gasteiger partial charge on any atom is 0.311 e. The number of hydrogen-bond donors (Lipinski definition) is 0. The van der Waals surface area contributed by atoms with E-state index in [2.05, 4.69) is 5.10 Å². The largest absolute Gasteiger partial charge is 0.454 e. The summed E-state index contributed by atoms with van der Waals surface area (Å²) in [6.45, 7) is 0. The minimum atomic E-state index is -0.673. The average Bonchev–Trinajstić information content (AvgIpc) is 3.19. The van der Waals surface area contributed by atoms with Gasteiger partial charge in [0.15, 0.2) is 11.9 Å². The first-order valence-corrected chi connectivity index (χ1v) is 10.1. The summed E-state index contributed by atoms with van der Waals surface area (Å²) in [4.78, 5) is 35.1. The van der Waals surface area contributed by atoms with Crippen molar-refractivity contribution < 1.29 is 19.2 Å². The van der Waals surface area contributed by atoms with E-state index in [0.717, 1.165) is 18.5 Å². The number of hydrogen-bond acceptors (Lipinski definition) is 6. The number of nitro benzene ring substituents is 1. The van der Waals surface area contributed by atoms with Gasteiger partial charge in [0.2, 0.25) is 0 Å². The molecule has 1 aromatic heterocycles. The average molecular weight is 419 g/mol. The summed E-state index contributed by atoms with van der Waals surface area (Å²) >= 11 is 0. The molecule has 1 aliphatic carbocycles. The smallest absolute Gasteiger partial charge is 0.311 e. The van der Waals surface area contributed by atoms with Crippen molar-refractivity contribution in [1.82, 2.24) is 9.78 Å². The van der Waals surface area contributed by atoms with Gasteiger partial charge in [-0.1, -0.05) is 18.2 Å². The van der Waals surface area contributed by atoms with E-state index in [1.54, 1.807) is 23.0 Å². The van der Waals surface area contributed by atoms with Crippen molar-refractivity contribution in [3.8, 4) is 16.9 Å². The summed E-state index contributed by atoms with van der Waals surface area (Å²) in [5.74, 6) is -0.522. The first-order chi connectivity index (χ1) is 15.0. The second kappa shape index (κ2) is 8.91. The predicted octanol–water partition coefficient (Wildman–Crippen LogP) is 4.04. The highest BCUT2D eigenvalue weighted by molar-refractivity contribution is 5.87. The summed E-state index contributed by atoms with van der Waals surface area (Å²) in [7, 11) is 0. The summed E-state index contributed by atoms with van der Waals surface area (Å²) < 4.78 is 7.11. The van der Waals surface area contributed by atoms with Crippen LogP contribution in [0.1, 0.15) is 31.2 Å². The Morgan fingerprint density at radius 3 is 2.55 bits per heavy atom. The third-order valence-electron chi connectivity index (χ3n) is 5.27. The molecule has 0 spiro atoms. The minimum Gasteiger partial charge on any atom is -0.454 e. The van der Waals surface area contributed by atoms with Crippen molar-refractivity contribution in [3.63, 3.8) is 0 Å². The van der Waals surface area contributed by atoms with Gasteiger partial charge in [0.25, 0.3) is 5.69 Å².